The molecule has 1 aliphatic heterocycles. The Hall–Kier alpha value is -1.77. The Bertz CT molecular complexity index is 701. The second kappa shape index (κ2) is 9.36. The quantitative estimate of drug-likeness (QED) is 0.365. The van der Waals surface area contributed by atoms with Crippen LogP contribution >= 0.6 is 12.4 Å². The van der Waals surface area contributed by atoms with Crippen molar-refractivity contribution >= 4 is 24.7 Å². The maximum absolute atomic E-state index is 13.9. The van der Waals surface area contributed by atoms with Crippen LogP contribution in [0.15, 0.2) is 30.3 Å². The Labute approximate surface area is 174 Å². The van der Waals surface area contributed by atoms with Crippen molar-refractivity contribution in [3.8, 4) is 0 Å². The van der Waals surface area contributed by atoms with Crippen LogP contribution in [0.3, 0.4) is 0 Å². The van der Waals surface area contributed by atoms with Crippen LogP contribution in [0, 0.1) is 17.2 Å². The molecule has 9 heteroatoms. The van der Waals surface area contributed by atoms with E-state index in [4.69, 9.17) is 10.1 Å². The molecule has 0 aromatic heterocycles. The molecular formula is C20H27ClF2N2O4. The highest BCUT2D eigenvalue weighted by molar-refractivity contribution is 5.85. The number of ether oxygens (including phenoxy) is 1. The number of piperidine rings is 1. The molecule has 3 atom stereocenters. The fourth-order valence-corrected chi connectivity index (χ4v) is 4.07. The summed E-state index contributed by atoms with van der Waals surface area (Å²) in [6.45, 7) is 1.47. The third-order valence-electron chi connectivity index (χ3n) is 5.91. The maximum atomic E-state index is 13.9. The highest BCUT2D eigenvalue weighted by atomic mass is 35.5. The van der Waals surface area contributed by atoms with Crippen molar-refractivity contribution in [2.24, 2.45) is 11.8 Å². The van der Waals surface area contributed by atoms with Gasteiger partial charge in [-0.05, 0) is 30.7 Å². The van der Waals surface area contributed by atoms with E-state index in [2.05, 4.69) is 0 Å². The summed E-state index contributed by atoms with van der Waals surface area (Å²) < 4.78 is 33.2. The number of carbonyl (C=O) groups excluding carboxylic acids is 1. The molecule has 29 heavy (non-hydrogen) atoms. The first kappa shape index (κ1) is 23.5. The van der Waals surface area contributed by atoms with Crippen LogP contribution in [0.1, 0.15) is 31.2 Å². The van der Waals surface area contributed by atoms with Gasteiger partial charge in [0.05, 0.1) is 12.9 Å². The van der Waals surface area contributed by atoms with Gasteiger partial charge in [-0.2, -0.15) is 0 Å². The van der Waals surface area contributed by atoms with Crippen LogP contribution in [0.2, 0.25) is 0 Å². The molecule has 1 aliphatic carbocycles. The second-order valence-electron chi connectivity index (χ2n) is 7.75. The number of hydrogen-bond donors (Lipinski definition) is 3. The zero-order valence-electron chi connectivity index (χ0n) is 16.0. The maximum Gasteiger partial charge on any atom is 0.343 e. The molecule has 1 saturated heterocycles. The monoisotopic (exact) mass is 432 g/mol. The van der Waals surface area contributed by atoms with Crippen LogP contribution in [0.4, 0.5) is 8.78 Å². The molecule has 1 heterocycles. The van der Waals surface area contributed by atoms with Crippen LogP contribution in [0.5, 0.6) is 0 Å². The Morgan fingerprint density at radius 3 is 2.45 bits per heavy atom. The summed E-state index contributed by atoms with van der Waals surface area (Å²) in [6.07, 6.45) is -0.301. The number of benzene rings is 1. The lowest BCUT2D eigenvalue weighted by Gasteiger charge is -2.34. The summed E-state index contributed by atoms with van der Waals surface area (Å²) in [7, 11) is 0. The molecule has 0 radical (unpaired) electrons. The van der Waals surface area contributed by atoms with Crippen molar-refractivity contribution < 1.29 is 28.5 Å². The predicted molar refractivity (Wildman–Crippen MR) is 105 cm³/mol. The van der Waals surface area contributed by atoms with Gasteiger partial charge in [-0.1, -0.05) is 30.3 Å². The lowest BCUT2D eigenvalue weighted by molar-refractivity contribution is -0.176. The zero-order valence-corrected chi connectivity index (χ0v) is 16.8. The fourth-order valence-electron chi connectivity index (χ4n) is 4.07. The number of aliphatic hydroxyl groups excluding tert-OH is 1. The number of likely N-dealkylation sites (tertiary alicyclic amines) is 1. The Balaban J connectivity index is 0.00000300. The predicted octanol–water partition coefficient (Wildman–Crippen LogP) is 2.56. The van der Waals surface area contributed by atoms with Gasteiger partial charge in [-0.25, -0.2) is 13.6 Å². The SMILES string of the molecule is Cl.N=CN1CCC(COC(=O)[C@](O)(c2ccccc2)[C@@H]2CC(O)C(F)(F)C2)CC1. The van der Waals surface area contributed by atoms with Gasteiger partial charge in [0, 0.05) is 25.4 Å². The second-order valence-corrected chi connectivity index (χ2v) is 7.75. The molecule has 1 aromatic carbocycles. The van der Waals surface area contributed by atoms with Crippen molar-refractivity contribution in [3.63, 3.8) is 0 Å². The van der Waals surface area contributed by atoms with E-state index >= 15 is 0 Å². The van der Waals surface area contributed by atoms with E-state index in [1.807, 2.05) is 4.90 Å². The van der Waals surface area contributed by atoms with E-state index < -0.39 is 35.9 Å². The van der Waals surface area contributed by atoms with Crippen molar-refractivity contribution in [2.45, 2.75) is 43.3 Å². The third-order valence-corrected chi connectivity index (χ3v) is 5.91. The highest BCUT2D eigenvalue weighted by Crippen LogP contribution is 2.48. The molecule has 0 amide bonds. The number of halogens is 3. The number of alkyl halides is 2. The van der Waals surface area contributed by atoms with E-state index in [-0.39, 0.29) is 36.9 Å². The molecule has 0 spiro atoms. The first-order valence-electron chi connectivity index (χ1n) is 9.53. The summed E-state index contributed by atoms with van der Waals surface area (Å²) >= 11 is 0. The van der Waals surface area contributed by atoms with Crippen molar-refractivity contribution in [1.82, 2.24) is 4.90 Å². The van der Waals surface area contributed by atoms with Gasteiger partial charge < -0.3 is 19.8 Å². The van der Waals surface area contributed by atoms with E-state index in [1.54, 1.807) is 18.2 Å². The molecule has 3 rings (SSSR count). The van der Waals surface area contributed by atoms with Crippen molar-refractivity contribution in [1.29, 1.82) is 5.41 Å². The highest BCUT2D eigenvalue weighted by Gasteiger charge is 2.58. The lowest BCUT2D eigenvalue weighted by Crippen LogP contribution is -2.45. The molecule has 162 valence electrons. The molecule has 1 unspecified atom stereocenters. The van der Waals surface area contributed by atoms with Gasteiger partial charge in [0.2, 0.25) is 0 Å². The van der Waals surface area contributed by atoms with Crippen molar-refractivity contribution in [2.75, 3.05) is 19.7 Å². The van der Waals surface area contributed by atoms with E-state index in [9.17, 15) is 23.8 Å². The standard InChI is InChI=1S/C20H26F2N2O4.ClH/c21-19(22)11-16(10-17(19)25)20(27,15-4-2-1-3-5-15)18(26)28-12-14-6-8-24(13-23)9-7-14;/h1-5,13-14,16-17,23,25,27H,6-12H2;1H/t16-,17?,20+;/m1./s1. The molecule has 2 aliphatic rings. The normalized spacial score (nSPS) is 26.3. The molecule has 2 fully saturated rings. The number of aliphatic hydroxyl groups is 2. The minimum absolute atomic E-state index is 0. The van der Waals surface area contributed by atoms with E-state index in [0.29, 0.717) is 13.1 Å². The number of rotatable bonds is 6. The largest absolute Gasteiger partial charge is 0.463 e. The fraction of sp³-hybridized carbons (Fsp3) is 0.600. The lowest BCUT2D eigenvalue weighted by atomic mass is 9.80. The molecular weight excluding hydrogens is 406 g/mol. The van der Waals surface area contributed by atoms with Gasteiger partial charge in [0.1, 0.15) is 6.10 Å². The van der Waals surface area contributed by atoms with Gasteiger partial charge in [-0.15, -0.1) is 12.4 Å². The van der Waals surface area contributed by atoms with E-state index in [0.717, 1.165) is 12.8 Å². The van der Waals surface area contributed by atoms with Crippen molar-refractivity contribution in [3.05, 3.63) is 35.9 Å². The minimum atomic E-state index is -3.35. The molecule has 6 nitrogen and oxygen atoms in total. The minimum Gasteiger partial charge on any atom is -0.463 e. The molecule has 1 aromatic rings. The number of nitrogens with zero attached hydrogens (tertiary/aromatic N) is 1. The average Bonchev–Trinajstić information content (AvgIpc) is 2.99. The smallest absolute Gasteiger partial charge is 0.343 e. The third kappa shape index (κ3) is 4.87. The number of carbonyl (C=O) groups is 1. The summed E-state index contributed by atoms with van der Waals surface area (Å²) in [4.78, 5) is 14.7. The van der Waals surface area contributed by atoms with Crippen LogP contribution in [-0.2, 0) is 15.1 Å². The summed E-state index contributed by atoms with van der Waals surface area (Å²) in [6, 6.07) is 7.94. The first-order valence-corrected chi connectivity index (χ1v) is 9.53. The van der Waals surface area contributed by atoms with Gasteiger partial charge in [-0.3, -0.25) is 5.41 Å². The van der Waals surface area contributed by atoms with Gasteiger partial charge in [0.15, 0.2) is 5.60 Å². The van der Waals surface area contributed by atoms with Crippen LogP contribution in [-0.4, -0.2) is 59.1 Å². The Morgan fingerprint density at radius 1 is 1.31 bits per heavy atom. The Kier molecular flexibility index (Phi) is 7.59. The number of nitrogens with one attached hydrogen (secondary N) is 1. The number of esters is 1. The van der Waals surface area contributed by atoms with Gasteiger partial charge >= 0.3 is 5.97 Å². The topological polar surface area (TPSA) is 93.9 Å². The molecule has 0 bridgehead atoms. The summed E-state index contributed by atoms with van der Waals surface area (Å²) in [5, 5.41) is 28.2. The van der Waals surface area contributed by atoms with Crippen LogP contribution < -0.4 is 0 Å². The van der Waals surface area contributed by atoms with Crippen LogP contribution in [0.25, 0.3) is 0 Å². The summed E-state index contributed by atoms with van der Waals surface area (Å²) in [5.74, 6) is -5.36. The molecule has 3 N–H and O–H groups in total. The summed E-state index contributed by atoms with van der Waals surface area (Å²) in [5.41, 5.74) is -2.05. The average molecular weight is 433 g/mol. The Morgan fingerprint density at radius 2 is 1.93 bits per heavy atom. The first-order chi connectivity index (χ1) is 13.3. The zero-order chi connectivity index (χ0) is 20.4. The number of hydrogen-bond acceptors (Lipinski definition) is 5. The molecule has 1 saturated carbocycles. The van der Waals surface area contributed by atoms with Gasteiger partial charge in [0.25, 0.3) is 5.92 Å². The van der Waals surface area contributed by atoms with E-state index in [1.165, 1.54) is 18.5 Å².